The zero-order valence-electron chi connectivity index (χ0n) is 25.3. The molecule has 4 aliphatic rings. The minimum Gasteiger partial charge on any atom is -0.479 e. The van der Waals surface area contributed by atoms with E-state index in [4.69, 9.17) is 28.4 Å². The van der Waals surface area contributed by atoms with Gasteiger partial charge in [0, 0.05) is 6.42 Å². The molecule has 3 heterocycles. The number of aliphatic hydroxyl groups excluding tert-OH is 5. The Bertz CT molecular complexity index is 1120. The number of rotatable bonds is 7. The third-order valence-corrected chi connectivity index (χ3v) is 9.79. The summed E-state index contributed by atoms with van der Waals surface area (Å²) in [5.41, 5.74) is 0.423. The summed E-state index contributed by atoms with van der Waals surface area (Å²) in [5.74, 6) is -1.26. The molecule has 5 rings (SSSR count). The topological polar surface area (TPSA) is 194 Å². The number of aliphatic hydroxyl groups is 5. The van der Waals surface area contributed by atoms with Gasteiger partial charge in [-0.1, -0.05) is 44.0 Å². The maximum absolute atomic E-state index is 12.3. The van der Waals surface area contributed by atoms with E-state index in [0.29, 0.717) is 12.8 Å². The highest BCUT2D eigenvalue weighted by Gasteiger charge is 2.55. The Labute approximate surface area is 256 Å². The molecule has 0 bridgehead atoms. The first-order valence-electron chi connectivity index (χ1n) is 15.5. The molecule has 0 spiro atoms. The van der Waals surface area contributed by atoms with Crippen molar-refractivity contribution in [2.45, 2.75) is 139 Å². The van der Waals surface area contributed by atoms with Crippen molar-refractivity contribution in [3.05, 3.63) is 35.4 Å². The number of hydrogen-bond acceptors (Lipinski definition) is 12. The van der Waals surface area contributed by atoms with E-state index in [9.17, 15) is 35.4 Å². The average molecular weight is 627 g/mol. The zero-order chi connectivity index (χ0) is 31.8. The van der Waals surface area contributed by atoms with Crippen molar-refractivity contribution in [1.82, 2.24) is 0 Å². The van der Waals surface area contributed by atoms with Crippen LogP contribution in [0.2, 0.25) is 0 Å². The van der Waals surface area contributed by atoms with E-state index >= 15 is 0 Å². The van der Waals surface area contributed by atoms with Crippen LogP contribution in [-0.4, -0.2) is 122 Å². The molecule has 6 N–H and O–H groups in total. The number of benzene rings is 1. The van der Waals surface area contributed by atoms with E-state index in [1.807, 2.05) is 26.0 Å². The molecule has 3 aliphatic heterocycles. The Morgan fingerprint density at radius 1 is 0.955 bits per heavy atom. The molecule has 14 atom stereocenters. The van der Waals surface area contributed by atoms with Gasteiger partial charge in [0.25, 0.3) is 0 Å². The summed E-state index contributed by atoms with van der Waals surface area (Å²) in [6.45, 7) is 4.93. The van der Waals surface area contributed by atoms with Crippen molar-refractivity contribution in [3.63, 3.8) is 0 Å². The molecule has 1 aromatic carbocycles. The number of fused-ring (bicyclic) bond motifs is 2. The summed E-state index contributed by atoms with van der Waals surface area (Å²) in [4.78, 5) is 12.3. The lowest BCUT2D eigenvalue weighted by Gasteiger charge is -2.52. The van der Waals surface area contributed by atoms with Gasteiger partial charge in [0.2, 0.25) is 0 Å². The highest BCUT2D eigenvalue weighted by molar-refractivity contribution is 5.73. The molecule has 0 amide bonds. The second-order valence-electron chi connectivity index (χ2n) is 12.5. The number of carboxylic acid groups (broad SMARTS) is 1. The molecule has 3 fully saturated rings. The average Bonchev–Trinajstić information content (AvgIpc) is 3.09. The summed E-state index contributed by atoms with van der Waals surface area (Å²) in [7, 11) is 0. The van der Waals surface area contributed by atoms with Gasteiger partial charge in [-0.15, -0.1) is 0 Å². The van der Waals surface area contributed by atoms with Crippen LogP contribution >= 0.6 is 0 Å². The molecule has 1 aliphatic carbocycles. The van der Waals surface area contributed by atoms with Gasteiger partial charge in [0.05, 0.1) is 31.0 Å². The van der Waals surface area contributed by atoms with Crippen LogP contribution in [0.1, 0.15) is 57.6 Å². The molecule has 13 heteroatoms. The summed E-state index contributed by atoms with van der Waals surface area (Å²) in [6.07, 6.45) is -11.5. The summed E-state index contributed by atoms with van der Waals surface area (Å²) < 4.78 is 37.3. The number of hydrogen-bond donors (Lipinski definition) is 6. The number of ether oxygens (including phenoxy) is 6. The van der Waals surface area contributed by atoms with Crippen LogP contribution in [0.15, 0.2) is 24.3 Å². The van der Waals surface area contributed by atoms with E-state index in [2.05, 4.69) is 0 Å². The van der Waals surface area contributed by atoms with E-state index in [1.165, 1.54) is 0 Å². The lowest BCUT2D eigenvalue weighted by molar-refractivity contribution is -0.371. The Hall–Kier alpha value is -1.75. The van der Waals surface area contributed by atoms with Crippen LogP contribution in [-0.2, 0) is 46.2 Å². The minimum absolute atomic E-state index is 0.0520. The highest BCUT2D eigenvalue weighted by Crippen LogP contribution is 2.44. The van der Waals surface area contributed by atoms with Gasteiger partial charge >= 0.3 is 5.97 Å². The van der Waals surface area contributed by atoms with Crippen molar-refractivity contribution in [3.8, 4) is 0 Å². The second kappa shape index (κ2) is 13.9. The Kier molecular flexibility index (Phi) is 10.6. The van der Waals surface area contributed by atoms with Gasteiger partial charge < -0.3 is 59.1 Å². The van der Waals surface area contributed by atoms with Crippen molar-refractivity contribution in [1.29, 1.82) is 0 Å². The molecule has 2 saturated heterocycles. The number of carbonyl (C=O) groups is 1. The van der Waals surface area contributed by atoms with Crippen LogP contribution in [0.5, 0.6) is 0 Å². The molecular weight excluding hydrogens is 580 g/mol. The van der Waals surface area contributed by atoms with Crippen LogP contribution in [0.4, 0.5) is 0 Å². The van der Waals surface area contributed by atoms with E-state index in [-0.39, 0.29) is 18.9 Å². The smallest absolute Gasteiger partial charge is 0.333 e. The van der Waals surface area contributed by atoms with Gasteiger partial charge in [0.15, 0.2) is 18.7 Å². The van der Waals surface area contributed by atoms with Crippen molar-refractivity contribution in [2.75, 3.05) is 6.61 Å². The van der Waals surface area contributed by atoms with Gasteiger partial charge in [-0.05, 0) is 43.7 Å². The molecular formula is C31H46O13. The molecule has 13 nitrogen and oxygen atoms in total. The Balaban J connectivity index is 1.45. The number of aliphatic carboxylic acids is 1. The summed E-state index contributed by atoms with van der Waals surface area (Å²) in [5, 5.41) is 62.7. The first-order chi connectivity index (χ1) is 21.0. The fourth-order valence-electron chi connectivity index (χ4n) is 7.04. The van der Waals surface area contributed by atoms with Crippen LogP contribution in [0.25, 0.3) is 0 Å². The monoisotopic (exact) mass is 626 g/mol. The predicted octanol–water partition coefficient (Wildman–Crippen LogP) is 0.243. The van der Waals surface area contributed by atoms with E-state index in [1.54, 1.807) is 19.1 Å². The standard InChI is InChI=1S/C31H46O13/c1-4-18-10-7-11-21(31(18,3)44-29-25(36)24(35)22(33)15(2)40-29)43-30-27-26(23(34)20(13-32)42-30)41-19(28(37)38)12-16-8-5-6-9-17(16)14-39-27/h5-6,8-9,15,18-27,29-30,32-36H,4,7,10-14H2,1-3H3,(H,37,38). The van der Waals surface area contributed by atoms with Gasteiger partial charge in [-0.25, -0.2) is 4.79 Å². The van der Waals surface area contributed by atoms with Crippen molar-refractivity contribution < 1.29 is 63.9 Å². The van der Waals surface area contributed by atoms with E-state index < -0.39 is 91.8 Å². The molecule has 1 saturated carbocycles. The highest BCUT2D eigenvalue weighted by atomic mass is 16.7. The Morgan fingerprint density at radius 3 is 2.36 bits per heavy atom. The quantitative estimate of drug-likeness (QED) is 0.241. The number of carboxylic acids is 1. The van der Waals surface area contributed by atoms with Crippen molar-refractivity contribution >= 4 is 5.97 Å². The molecule has 1 aromatic rings. The SMILES string of the molecule is CCC1CCCC(OC2OC(CO)C(O)C3OC(C(=O)O)Cc4ccccc4COC23)C1(C)OC1OC(C)C(O)C(O)C1O. The van der Waals surface area contributed by atoms with Crippen LogP contribution < -0.4 is 0 Å². The predicted molar refractivity (Wildman–Crippen MR) is 151 cm³/mol. The second-order valence-corrected chi connectivity index (χ2v) is 12.5. The zero-order valence-corrected chi connectivity index (χ0v) is 25.3. The fraction of sp³-hybridized carbons (Fsp3) is 0.774. The first kappa shape index (κ1) is 33.6. The maximum atomic E-state index is 12.3. The summed E-state index contributed by atoms with van der Waals surface area (Å²) >= 11 is 0. The Morgan fingerprint density at radius 2 is 1.68 bits per heavy atom. The molecule has 44 heavy (non-hydrogen) atoms. The van der Waals surface area contributed by atoms with Gasteiger partial charge in [0.1, 0.15) is 42.7 Å². The van der Waals surface area contributed by atoms with Crippen LogP contribution in [0.3, 0.4) is 0 Å². The molecule has 0 radical (unpaired) electrons. The lowest BCUT2D eigenvalue weighted by Crippen LogP contribution is -2.65. The maximum Gasteiger partial charge on any atom is 0.333 e. The van der Waals surface area contributed by atoms with Crippen LogP contribution in [0, 0.1) is 5.92 Å². The lowest BCUT2D eigenvalue weighted by atomic mass is 9.72. The summed E-state index contributed by atoms with van der Waals surface area (Å²) in [6, 6.07) is 7.26. The van der Waals surface area contributed by atoms with Gasteiger partial charge in [-0.3, -0.25) is 0 Å². The molecule has 14 unspecified atom stereocenters. The molecule has 248 valence electrons. The van der Waals surface area contributed by atoms with E-state index in [0.717, 1.165) is 24.0 Å². The molecule has 0 aromatic heterocycles. The minimum atomic E-state index is -1.51. The third kappa shape index (κ3) is 6.56. The normalized spacial score (nSPS) is 44.9. The largest absolute Gasteiger partial charge is 0.479 e. The third-order valence-electron chi connectivity index (χ3n) is 9.79. The van der Waals surface area contributed by atoms with Gasteiger partial charge in [-0.2, -0.15) is 0 Å². The van der Waals surface area contributed by atoms with Crippen molar-refractivity contribution in [2.24, 2.45) is 5.92 Å². The fourth-order valence-corrected chi connectivity index (χ4v) is 7.04. The first-order valence-corrected chi connectivity index (χ1v) is 15.5.